The van der Waals surface area contributed by atoms with E-state index in [0.29, 0.717) is 49.3 Å². The largest absolute Gasteiger partial charge is 0.466 e. The molecule has 13 heteroatoms. The second-order valence-electron chi connectivity index (χ2n) is 8.49. The van der Waals surface area contributed by atoms with Crippen LogP contribution in [0.3, 0.4) is 0 Å². The lowest BCUT2D eigenvalue weighted by molar-refractivity contribution is -0.144. The fourth-order valence-corrected chi connectivity index (χ4v) is 5.19. The summed E-state index contributed by atoms with van der Waals surface area (Å²) in [7, 11) is 0. The molecule has 8 nitrogen and oxygen atoms in total. The number of likely N-dealkylation sites (tertiary alicyclic amines) is 1. The highest BCUT2D eigenvalue weighted by atomic mass is 32.1. The van der Waals surface area contributed by atoms with E-state index in [1.807, 2.05) is 5.38 Å². The predicted molar refractivity (Wildman–Crippen MR) is 123 cm³/mol. The molecule has 0 N–H and O–H groups in total. The van der Waals surface area contributed by atoms with Gasteiger partial charge in [0.2, 0.25) is 11.6 Å². The van der Waals surface area contributed by atoms with E-state index in [1.165, 1.54) is 17.4 Å². The smallest absolute Gasteiger partial charge is 0.438 e. The number of alkyl halides is 3. The molecule has 1 aromatic carbocycles. The lowest BCUT2D eigenvalue weighted by Crippen LogP contribution is -2.40. The average molecular weight is 535 g/mol. The molecule has 1 amide bonds. The van der Waals surface area contributed by atoms with Gasteiger partial charge in [-0.05, 0) is 25.0 Å². The van der Waals surface area contributed by atoms with Gasteiger partial charge in [-0.1, -0.05) is 17.3 Å². The Labute approximate surface area is 213 Å². The highest BCUT2D eigenvalue weighted by molar-refractivity contribution is 7.10. The summed E-state index contributed by atoms with van der Waals surface area (Å²) in [6.45, 7) is 0.279. The molecule has 37 heavy (non-hydrogen) atoms. The molecular weight excluding hydrogens is 514 g/mol. The number of halogens is 4. The quantitative estimate of drug-likeness (QED) is 0.432. The van der Waals surface area contributed by atoms with Gasteiger partial charge in [0.1, 0.15) is 11.5 Å². The lowest BCUT2D eigenvalue weighted by Gasteiger charge is -2.31. The van der Waals surface area contributed by atoms with Crippen LogP contribution in [0, 0.1) is 11.9 Å². The van der Waals surface area contributed by atoms with Crippen LogP contribution >= 0.6 is 11.3 Å². The van der Waals surface area contributed by atoms with Crippen molar-refractivity contribution in [2.45, 2.75) is 37.5 Å². The van der Waals surface area contributed by atoms with Crippen LogP contribution < -0.4 is 4.74 Å². The summed E-state index contributed by atoms with van der Waals surface area (Å²) >= 11 is 1.48. The Kier molecular flexibility index (Phi) is 7.04. The van der Waals surface area contributed by atoms with Crippen molar-refractivity contribution in [3.8, 4) is 5.88 Å². The number of benzene rings is 1. The normalized spacial score (nSPS) is 18.4. The molecule has 2 aliphatic rings. The molecule has 193 valence electrons. The van der Waals surface area contributed by atoms with Crippen molar-refractivity contribution in [3.63, 3.8) is 0 Å². The van der Waals surface area contributed by atoms with Gasteiger partial charge in [0, 0.05) is 48.8 Å². The number of aromatic nitrogens is 3. The number of rotatable bonds is 6. The lowest BCUT2D eigenvalue weighted by atomic mass is 9.97. The minimum atomic E-state index is -4.73. The molecule has 1 atom stereocenters. The number of carbonyl (C=O) groups is 1. The number of hydrogen-bond acceptors (Lipinski definition) is 8. The third-order valence-corrected chi connectivity index (χ3v) is 7.11. The molecule has 0 aliphatic carbocycles. The van der Waals surface area contributed by atoms with E-state index in [1.54, 1.807) is 17.0 Å². The summed E-state index contributed by atoms with van der Waals surface area (Å²) in [6.07, 6.45) is -1.61. The molecule has 5 rings (SSSR count). The summed E-state index contributed by atoms with van der Waals surface area (Å²) in [5.41, 5.74) is 0.370. The molecule has 1 fully saturated rings. The number of carbonyl (C=O) groups excluding carboxylic acids is 1. The van der Waals surface area contributed by atoms with Crippen molar-refractivity contribution in [1.29, 1.82) is 0 Å². The first-order valence-corrected chi connectivity index (χ1v) is 12.3. The Balaban J connectivity index is 1.13. The number of amides is 1. The maximum atomic E-state index is 14.0. The van der Waals surface area contributed by atoms with E-state index in [9.17, 15) is 22.4 Å². The minimum Gasteiger partial charge on any atom is -0.466 e. The minimum absolute atomic E-state index is 0.124. The third kappa shape index (κ3) is 5.55. The van der Waals surface area contributed by atoms with Gasteiger partial charge in [0.15, 0.2) is 12.7 Å². The van der Waals surface area contributed by atoms with Crippen molar-refractivity contribution in [3.05, 3.63) is 69.8 Å². The predicted octanol–water partition coefficient (Wildman–Crippen LogP) is 4.54. The van der Waals surface area contributed by atoms with Gasteiger partial charge >= 0.3 is 6.18 Å². The summed E-state index contributed by atoms with van der Waals surface area (Å²) in [4.78, 5) is 31.0. The summed E-state index contributed by atoms with van der Waals surface area (Å²) in [6, 6.07) is 7.40. The summed E-state index contributed by atoms with van der Waals surface area (Å²) in [5.74, 6) is -1.42. The van der Waals surface area contributed by atoms with E-state index in [2.05, 4.69) is 21.2 Å². The molecule has 1 unspecified atom stereocenters. The molecule has 4 heterocycles. The van der Waals surface area contributed by atoms with Crippen LogP contribution in [0.25, 0.3) is 0 Å². The second-order valence-corrected chi connectivity index (χ2v) is 9.38. The Hall–Kier alpha value is -3.61. The topological polar surface area (TPSA) is 89.8 Å². The molecule has 0 bridgehead atoms. The van der Waals surface area contributed by atoms with Gasteiger partial charge in [0.25, 0.3) is 5.91 Å². The summed E-state index contributed by atoms with van der Waals surface area (Å²) in [5, 5.41) is 6.88. The second kappa shape index (κ2) is 10.4. The van der Waals surface area contributed by atoms with Crippen LogP contribution in [0.15, 0.2) is 41.1 Å². The number of thiazole rings is 1. The van der Waals surface area contributed by atoms with Gasteiger partial charge in [0.05, 0.1) is 10.7 Å². The molecular formula is C24H20F4N5O3S. The van der Waals surface area contributed by atoms with Crippen LogP contribution in [-0.4, -0.2) is 51.2 Å². The first kappa shape index (κ1) is 25.1. The number of hydrogen-bond donors (Lipinski definition) is 0. The highest BCUT2D eigenvalue weighted by Crippen LogP contribution is 2.35. The molecule has 3 aromatic rings. The maximum Gasteiger partial charge on any atom is 0.438 e. The highest BCUT2D eigenvalue weighted by Gasteiger charge is 2.37. The SMILES string of the molecule is O=C(COc1nccnc1C(F)(F)F)N1CCC(c2nc(C3=NOC(c4[c]cccc4F)C3)cs2)CC1. The van der Waals surface area contributed by atoms with Crippen LogP contribution in [0.2, 0.25) is 0 Å². The Morgan fingerprint density at radius 2 is 2.03 bits per heavy atom. The Morgan fingerprint density at radius 1 is 1.24 bits per heavy atom. The zero-order valence-corrected chi connectivity index (χ0v) is 20.1. The third-order valence-electron chi connectivity index (χ3n) is 6.11. The van der Waals surface area contributed by atoms with Gasteiger partial charge in [-0.3, -0.25) is 4.79 Å². The number of piperidine rings is 1. The molecule has 0 spiro atoms. The van der Waals surface area contributed by atoms with Crippen LogP contribution in [0.4, 0.5) is 17.6 Å². The van der Waals surface area contributed by atoms with Crippen molar-refractivity contribution < 1.29 is 31.9 Å². The van der Waals surface area contributed by atoms with Crippen molar-refractivity contribution in [1.82, 2.24) is 19.9 Å². The fraction of sp³-hybridized carbons (Fsp3) is 0.375. The summed E-state index contributed by atoms with van der Waals surface area (Å²) < 4.78 is 58.2. The van der Waals surface area contributed by atoms with Crippen molar-refractivity contribution >= 4 is 23.0 Å². The molecule has 1 radical (unpaired) electrons. The maximum absolute atomic E-state index is 14.0. The standard InChI is InChI=1S/C24H20F4N5O3S/c25-16-4-2-1-3-15(16)19-11-17(32-36-19)18-13-37-23(31-18)14-5-9-33(10-6-14)20(34)12-35-22-21(24(26,27)28)29-7-8-30-22/h1-2,4,7-8,13-14,19H,5-6,9-12H2. The van der Waals surface area contributed by atoms with Crippen molar-refractivity contribution in [2.75, 3.05) is 19.7 Å². The molecule has 1 saturated heterocycles. The first-order chi connectivity index (χ1) is 17.8. The zero-order valence-electron chi connectivity index (χ0n) is 19.2. The van der Waals surface area contributed by atoms with Gasteiger partial charge in [-0.2, -0.15) is 13.2 Å². The van der Waals surface area contributed by atoms with E-state index >= 15 is 0 Å². The van der Waals surface area contributed by atoms with Crippen LogP contribution in [0.1, 0.15) is 53.2 Å². The van der Waals surface area contributed by atoms with E-state index < -0.39 is 42.2 Å². The zero-order chi connectivity index (χ0) is 26.0. The van der Waals surface area contributed by atoms with E-state index in [-0.39, 0.29) is 5.92 Å². The first-order valence-electron chi connectivity index (χ1n) is 11.4. The Morgan fingerprint density at radius 3 is 2.78 bits per heavy atom. The fourth-order valence-electron chi connectivity index (χ4n) is 4.19. The number of oxime groups is 1. The monoisotopic (exact) mass is 534 g/mol. The van der Waals surface area contributed by atoms with Gasteiger partial charge in [-0.25, -0.2) is 19.3 Å². The number of nitrogens with zero attached hydrogens (tertiary/aromatic N) is 5. The van der Waals surface area contributed by atoms with E-state index in [0.717, 1.165) is 17.4 Å². The van der Waals surface area contributed by atoms with Crippen LogP contribution in [0.5, 0.6) is 5.88 Å². The van der Waals surface area contributed by atoms with Crippen molar-refractivity contribution in [2.24, 2.45) is 5.16 Å². The molecule has 2 aromatic heterocycles. The number of ether oxygens (including phenoxy) is 1. The average Bonchev–Trinajstić information content (AvgIpc) is 3.58. The Bertz CT molecular complexity index is 1310. The molecule has 2 aliphatic heterocycles. The van der Waals surface area contributed by atoms with E-state index in [4.69, 9.17) is 14.6 Å². The van der Waals surface area contributed by atoms with Gasteiger partial charge < -0.3 is 14.5 Å². The molecule has 0 saturated carbocycles. The van der Waals surface area contributed by atoms with Gasteiger partial charge in [-0.15, -0.1) is 11.3 Å². The van der Waals surface area contributed by atoms with Crippen LogP contribution in [-0.2, 0) is 15.8 Å².